The quantitative estimate of drug-likeness (QED) is 0.680. The Morgan fingerprint density at radius 2 is 1.81 bits per heavy atom. The number of urea groups is 1. The van der Waals surface area contributed by atoms with Crippen molar-refractivity contribution in [2.45, 2.75) is 31.2 Å². The normalized spacial score (nSPS) is 15.2. The number of halogens is 1. The van der Waals surface area contributed by atoms with Crippen molar-refractivity contribution in [3.8, 4) is 0 Å². The van der Waals surface area contributed by atoms with E-state index in [1.54, 1.807) is 24.1 Å². The van der Waals surface area contributed by atoms with E-state index in [2.05, 4.69) is 10.6 Å². The van der Waals surface area contributed by atoms with Gasteiger partial charge in [0.25, 0.3) is 0 Å². The average molecular weight is 428 g/mol. The molecule has 0 aliphatic carbocycles. The van der Waals surface area contributed by atoms with Gasteiger partial charge in [-0.05, 0) is 36.1 Å². The van der Waals surface area contributed by atoms with Crippen molar-refractivity contribution in [1.82, 2.24) is 15.5 Å². The second-order valence-corrected chi connectivity index (χ2v) is 8.00. The van der Waals surface area contributed by atoms with Crippen LogP contribution >= 0.6 is 0 Å². The van der Waals surface area contributed by atoms with Crippen molar-refractivity contribution in [3.63, 3.8) is 0 Å². The van der Waals surface area contributed by atoms with Crippen LogP contribution in [-0.2, 0) is 21.5 Å². The zero-order valence-electron chi connectivity index (χ0n) is 17.9. The number of hydrogen-bond acceptors (Lipinski definition) is 3. The Labute approximate surface area is 182 Å². The van der Waals surface area contributed by atoms with Gasteiger partial charge in [0, 0.05) is 51.7 Å². The van der Waals surface area contributed by atoms with Gasteiger partial charge in [0.15, 0.2) is 0 Å². The van der Waals surface area contributed by atoms with Crippen molar-refractivity contribution < 1.29 is 18.7 Å². The fraction of sp³-hybridized carbons (Fsp3) is 0.417. The molecule has 7 heteroatoms. The highest BCUT2D eigenvalue weighted by molar-refractivity contribution is 5.78. The molecule has 0 aromatic heterocycles. The number of hydrogen-bond donors (Lipinski definition) is 2. The van der Waals surface area contributed by atoms with Gasteiger partial charge in [0.1, 0.15) is 5.82 Å². The van der Waals surface area contributed by atoms with Crippen molar-refractivity contribution in [2.24, 2.45) is 0 Å². The van der Waals surface area contributed by atoms with Crippen LogP contribution in [0.25, 0.3) is 0 Å². The molecular weight excluding hydrogens is 397 g/mol. The minimum absolute atomic E-state index is 0.145. The summed E-state index contributed by atoms with van der Waals surface area (Å²) in [6.07, 6.45) is 1.62. The van der Waals surface area contributed by atoms with Gasteiger partial charge in [-0.3, -0.25) is 4.79 Å². The Morgan fingerprint density at radius 3 is 2.52 bits per heavy atom. The molecule has 0 unspecified atom stereocenters. The SMILES string of the molecule is CN(Cc1ccccc1)C(=O)NCCC(=O)NCC1(c2cccc(F)c2)CCOCC1. The van der Waals surface area contributed by atoms with E-state index < -0.39 is 0 Å². The predicted octanol–water partition coefficient (Wildman–Crippen LogP) is 3.22. The van der Waals surface area contributed by atoms with Crippen LogP contribution in [-0.4, -0.2) is 50.2 Å². The molecule has 6 nitrogen and oxygen atoms in total. The summed E-state index contributed by atoms with van der Waals surface area (Å²) in [5.74, 6) is -0.426. The molecule has 0 spiro atoms. The van der Waals surface area contributed by atoms with Gasteiger partial charge in [-0.1, -0.05) is 42.5 Å². The molecule has 2 aromatic rings. The highest BCUT2D eigenvalue weighted by Crippen LogP contribution is 2.34. The molecule has 0 bridgehead atoms. The van der Waals surface area contributed by atoms with Gasteiger partial charge < -0.3 is 20.3 Å². The first-order valence-corrected chi connectivity index (χ1v) is 10.6. The largest absolute Gasteiger partial charge is 0.381 e. The second-order valence-electron chi connectivity index (χ2n) is 8.00. The number of ether oxygens (including phenoxy) is 1. The molecule has 3 rings (SSSR count). The topological polar surface area (TPSA) is 70.7 Å². The van der Waals surface area contributed by atoms with E-state index in [9.17, 15) is 14.0 Å². The van der Waals surface area contributed by atoms with Crippen LogP contribution in [0.4, 0.5) is 9.18 Å². The minimum atomic E-state index is -0.338. The summed E-state index contributed by atoms with van der Waals surface area (Å²) in [7, 11) is 1.72. The maximum atomic E-state index is 13.8. The van der Waals surface area contributed by atoms with Gasteiger partial charge in [-0.25, -0.2) is 9.18 Å². The van der Waals surface area contributed by atoms with Crippen molar-refractivity contribution in [3.05, 3.63) is 71.5 Å². The summed E-state index contributed by atoms with van der Waals surface area (Å²) in [5.41, 5.74) is 1.58. The number of carbonyl (C=O) groups is 2. The van der Waals surface area contributed by atoms with Crippen LogP contribution < -0.4 is 10.6 Å². The monoisotopic (exact) mass is 427 g/mol. The standard InChI is InChI=1S/C24H30FN3O3/c1-28(17-19-6-3-2-4-7-19)23(30)26-13-10-22(29)27-18-24(11-14-31-15-12-24)20-8-5-9-21(25)16-20/h2-9,16H,10-15,17-18H2,1H3,(H,26,30)(H,27,29). The van der Waals surface area contributed by atoms with E-state index in [0.717, 1.165) is 24.0 Å². The smallest absolute Gasteiger partial charge is 0.317 e. The fourth-order valence-corrected chi connectivity index (χ4v) is 3.85. The lowest BCUT2D eigenvalue weighted by Gasteiger charge is -2.38. The van der Waals surface area contributed by atoms with Crippen molar-refractivity contribution >= 4 is 11.9 Å². The number of nitrogens with zero attached hydrogens (tertiary/aromatic N) is 1. The maximum Gasteiger partial charge on any atom is 0.317 e. The summed E-state index contributed by atoms with van der Waals surface area (Å²) in [5, 5.41) is 5.75. The minimum Gasteiger partial charge on any atom is -0.381 e. The van der Waals surface area contributed by atoms with E-state index in [0.29, 0.717) is 26.3 Å². The number of rotatable bonds is 8. The van der Waals surface area contributed by atoms with E-state index in [1.165, 1.54) is 6.07 Å². The summed E-state index contributed by atoms with van der Waals surface area (Å²) >= 11 is 0. The van der Waals surface area contributed by atoms with Gasteiger partial charge in [0.05, 0.1) is 0 Å². The third kappa shape index (κ3) is 6.52. The highest BCUT2D eigenvalue weighted by atomic mass is 19.1. The van der Waals surface area contributed by atoms with Crippen LogP contribution in [0.5, 0.6) is 0 Å². The predicted molar refractivity (Wildman–Crippen MR) is 117 cm³/mol. The van der Waals surface area contributed by atoms with Crippen LogP contribution in [0.15, 0.2) is 54.6 Å². The first-order chi connectivity index (χ1) is 15.0. The van der Waals surface area contributed by atoms with Crippen molar-refractivity contribution in [1.29, 1.82) is 0 Å². The third-order valence-electron chi connectivity index (χ3n) is 5.75. The number of carbonyl (C=O) groups excluding carboxylic acids is 2. The van der Waals surface area contributed by atoms with E-state index in [4.69, 9.17) is 4.74 Å². The third-order valence-corrected chi connectivity index (χ3v) is 5.75. The van der Waals surface area contributed by atoms with Crippen LogP contribution in [0.1, 0.15) is 30.4 Å². The summed E-state index contributed by atoms with van der Waals surface area (Å²) in [6, 6.07) is 16.1. The molecule has 2 aromatic carbocycles. The molecule has 0 saturated carbocycles. The molecule has 166 valence electrons. The van der Waals surface area contributed by atoms with E-state index in [-0.39, 0.29) is 36.1 Å². The molecule has 1 fully saturated rings. The molecular formula is C24H30FN3O3. The highest BCUT2D eigenvalue weighted by Gasteiger charge is 2.35. The average Bonchev–Trinajstić information content (AvgIpc) is 2.79. The van der Waals surface area contributed by atoms with Gasteiger partial charge in [-0.15, -0.1) is 0 Å². The van der Waals surface area contributed by atoms with Crippen LogP contribution in [0, 0.1) is 5.82 Å². The molecule has 2 N–H and O–H groups in total. The van der Waals surface area contributed by atoms with E-state index >= 15 is 0 Å². The summed E-state index contributed by atoms with van der Waals surface area (Å²) in [6.45, 7) is 2.32. The first kappa shape index (κ1) is 22.7. The van der Waals surface area contributed by atoms with Crippen molar-refractivity contribution in [2.75, 3.05) is 33.4 Å². The molecule has 1 heterocycles. The Bertz CT molecular complexity index is 869. The van der Waals surface area contributed by atoms with Gasteiger partial charge in [-0.2, -0.15) is 0 Å². The lowest BCUT2D eigenvalue weighted by Crippen LogP contribution is -2.45. The molecule has 3 amide bonds. The Morgan fingerprint density at radius 1 is 1.06 bits per heavy atom. The molecule has 1 saturated heterocycles. The Kier molecular flexibility index (Phi) is 8.00. The molecule has 1 aliphatic heterocycles. The number of benzene rings is 2. The van der Waals surface area contributed by atoms with Crippen LogP contribution in [0.2, 0.25) is 0 Å². The molecule has 31 heavy (non-hydrogen) atoms. The van der Waals surface area contributed by atoms with Gasteiger partial charge >= 0.3 is 6.03 Å². The summed E-state index contributed by atoms with van der Waals surface area (Å²) < 4.78 is 19.3. The maximum absolute atomic E-state index is 13.8. The van der Waals surface area contributed by atoms with Crippen LogP contribution in [0.3, 0.4) is 0 Å². The molecule has 0 radical (unpaired) electrons. The zero-order valence-corrected chi connectivity index (χ0v) is 17.9. The molecule has 0 atom stereocenters. The number of amides is 3. The molecule has 1 aliphatic rings. The second kappa shape index (κ2) is 10.9. The zero-order chi connectivity index (χ0) is 22.1. The van der Waals surface area contributed by atoms with E-state index in [1.807, 2.05) is 36.4 Å². The Balaban J connectivity index is 1.45. The van der Waals surface area contributed by atoms with Gasteiger partial charge in [0.2, 0.25) is 5.91 Å². The lowest BCUT2D eigenvalue weighted by molar-refractivity contribution is -0.121. The number of nitrogens with one attached hydrogen (secondary N) is 2. The Hall–Kier alpha value is -2.93. The summed E-state index contributed by atoms with van der Waals surface area (Å²) in [4.78, 5) is 26.2. The lowest BCUT2D eigenvalue weighted by atomic mass is 9.74. The first-order valence-electron chi connectivity index (χ1n) is 10.6. The fourth-order valence-electron chi connectivity index (χ4n) is 3.85.